The number of carbonyl (C=O) groups excluding carboxylic acids is 1. The minimum atomic E-state index is -0.308. The fourth-order valence-electron chi connectivity index (χ4n) is 1.13. The van der Waals surface area contributed by atoms with Gasteiger partial charge in [0.15, 0.2) is 5.82 Å². The van der Waals surface area contributed by atoms with Gasteiger partial charge >= 0.3 is 0 Å². The van der Waals surface area contributed by atoms with E-state index < -0.39 is 0 Å². The van der Waals surface area contributed by atoms with E-state index in [1.165, 1.54) is 17.2 Å². The molecule has 0 aliphatic heterocycles. The number of aromatic nitrogens is 5. The second-order valence-corrected chi connectivity index (χ2v) is 4.74. The van der Waals surface area contributed by atoms with Gasteiger partial charge in [0.2, 0.25) is 11.9 Å². The summed E-state index contributed by atoms with van der Waals surface area (Å²) in [5.41, 5.74) is 5.34. The van der Waals surface area contributed by atoms with Gasteiger partial charge in [0.1, 0.15) is 22.1 Å². The topological polar surface area (TPSA) is 112 Å². The Bertz CT molecular complexity index is 585. The van der Waals surface area contributed by atoms with Gasteiger partial charge in [-0.25, -0.2) is 19.6 Å². The molecule has 2 aromatic heterocycles. The summed E-state index contributed by atoms with van der Waals surface area (Å²) >= 11 is 6.36. The lowest BCUT2D eigenvalue weighted by atomic mass is 10.5. The zero-order valence-electron chi connectivity index (χ0n) is 8.84. The van der Waals surface area contributed by atoms with E-state index in [2.05, 4.69) is 57.2 Å². The molecule has 0 bridgehead atoms. The number of nitrogens with one attached hydrogen (secondary N) is 1. The summed E-state index contributed by atoms with van der Waals surface area (Å²) in [5, 5.41) is 6.38. The van der Waals surface area contributed by atoms with Gasteiger partial charge in [0.05, 0.1) is 6.20 Å². The Morgan fingerprint density at radius 3 is 2.83 bits per heavy atom. The van der Waals surface area contributed by atoms with E-state index in [0.717, 1.165) is 0 Å². The molecule has 0 saturated heterocycles. The second-order valence-electron chi connectivity index (χ2n) is 3.18. The minimum absolute atomic E-state index is 0.00557. The zero-order valence-corrected chi connectivity index (χ0v) is 12.0. The molecule has 0 aromatic carbocycles. The number of rotatable bonds is 3. The molecule has 0 saturated carbocycles. The highest BCUT2D eigenvalue weighted by molar-refractivity contribution is 9.11. The van der Waals surface area contributed by atoms with Crippen LogP contribution in [-0.2, 0) is 11.3 Å². The summed E-state index contributed by atoms with van der Waals surface area (Å²) in [4.78, 5) is 23.4. The Morgan fingerprint density at radius 2 is 2.22 bits per heavy atom. The van der Waals surface area contributed by atoms with Gasteiger partial charge in [-0.1, -0.05) is 0 Å². The van der Waals surface area contributed by atoms with Crippen LogP contribution in [0.25, 0.3) is 0 Å². The van der Waals surface area contributed by atoms with E-state index in [1.54, 1.807) is 0 Å². The van der Waals surface area contributed by atoms with Crippen molar-refractivity contribution in [3.05, 3.63) is 21.7 Å². The number of halogens is 2. The van der Waals surface area contributed by atoms with Crippen molar-refractivity contribution >= 4 is 49.5 Å². The van der Waals surface area contributed by atoms with Gasteiger partial charge in [-0.05, 0) is 31.9 Å². The predicted molar refractivity (Wildman–Crippen MR) is 70.5 cm³/mol. The molecule has 18 heavy (non-hydrogen) atoms. The van der Waals surface area contributed by atoms with Crippen molar-refractivity contribution in [3.63, 3.8) is 0 Å². The van der Waals surface area contributed by atoms with Crippen LogP contribution in [-0.4, -0.2) is 30.6 Å². The standard InChI is InChI=1S/C8H7Br2N7O/c9-4-1-12-7(6(10)14-4)15-5(18)2-17-3-13-8(11)16-17/h1,3H,2H2,(H2,11,16)(H,12,15,18). The first-order chi connectivity index (χ1) is 8.54. The van der Waals surface area contributed by atoms with Crippen LogP contribution in [0.3, 0.4) is 0 Å². The molecule has 3 N–H and O–H groups in total. The number of amides is 1. The van der Waals surface area contributed by atoms with Crippen LogP contribution in [0, 0.1) is 0 Å². The van der Waals surface area contributed by atoms with E-state index in [9.17, 15) is 4.79 Å². The van der Waals surface area contributed by atoms with Crippen molar-refractivity contribution in [2.24, 2.45) is 0 Å². The zero-order chi connectivity index (χ0) is 13.1. The van der Waals surface area contributed by atoms with Crippen LogP contribution in [0.15, 0.2) is 21.7 Å². The Kier molecular flexibility index (Phi) is 3.87. The molecule has 0 unspecified atom stereocenters. The molecule has 2 rings (SSSR count). The Balaban J connectivity index is 2.03. The summed E-state index contributed by atoms with van der Waals surface area (Å²) in [6.07, 6.45) is 2.85. The van der Waals surface area contributed by atoms with Crippen molar-refractivity contribution in [2.75, 3.05) is 11.1 Å². The molecule has 2 aromatic rings. The van der Waals surface area contributed by atoms with Gasteiger partial charge in [-0.2, -0.15) is 0 Å². The highest BCUT2D eigenvalue weighted by Gasteiger charge is 2.09. The largest absolute Gasteiger partial charge is 0.367 e. The third kappa shape index (κ3) is 3.23. The molecule has 8 nitrogen and oxygen atoms in total. The molecule has 94 valence electrons. The molecule has 0 aliphatic carbocycles. The van der Waals surface area contributed by atoms with Gasteiger partial charge < -0.3 is 11.1 Å². The van der Waals surface area contributed by atoms with E-state index >= 15 is 0 Å². The predicted octanol–water partition coefficient (Wildman–Crippen LogP) is 0.814. The van der Waals surface area contributed by atoms with E-state index in [-0.39, 0.29) is 18.4 Å². The summed E-state index contributed by atoms with van der Waals surface area (Å²) in [6.45, 7) is -0.00557. The average Bonchev–Trinajstić information content (AvgIpc) is 2.68. The quantitative estimate of drug-likeness (QED) is 0.819. The second kappa shape index (κ2) is 5.40. The molecule has 0 radical (unpaired) electrons. The molecular formula is C8H7Br2N7O. The van der Waals surface area contributed by atoms with Crippen LogP contribution in [0.4, 0.5) is 11.8 Å². The maximum absolute atomic E-state index is 11.7. The molecular weight excluding hydrogens is 370 g/mol. The smallest absolute Gasteiger partial charge is 0.247 e. The third-order valence-electron chi connectivity index (χ3n) is 1.82. The molecule has 0 fully saturated rings. The van der Waals surface area contributed by atoms with Gasteiger partial charge in [-0.15, -0.1) is 5.10 Å². The first kappa shape index (κ1) is 12.9. The summed E-state index contributed by atoms with van der Waals surface area (Å²) in [5.74, 6) is 0.140. The van der Waals surface area contributed by atoms with E-state index in [4.69, 9.17) is 5.73 Å². The molecule has 10 heteroatoms. The fraction of sp³-hybridized carbons (Fsp3) is 0.125. The average molecular weight is 377 g/mol. The third-order valence-corrected chi connectivity index (χ3v) is 2.75. The minimum Gasteiger partial charge on any atom is -0.367 e. The lowest BCUT2D eigenvalue weighted by Gasteiger charge is -2.05. The number of nitrogen functional groups attached to an aromatic ring is 1. The maximum Gasteiger partial charge on any atom is 0.247 e. The molecule has 0 atom stereocenters. The number of hydrogen-bond donors (Lipinski definition) is 2. The highest BCUT2D eigenvalue weighted by atomic mass is 79.9. The Hall–Kier alpha value is -1.55. The molecule has 1 amide bonds. The van der Waals surface area contributed by atoms with Crippen LogP contribution in [0.5, 0.6) is 0 Å². The van der Waals surface area contributed by atoms with Crippen molar-refractivity contribution < 1.29 is 4.79 Å². The lowest BCUT2D eigenvalue weighted by molar-refractivity contribution is -0.116. The van der Waals surface area contributed by atoms with E-state index in [1.807, 2.05) is 0 Å². The van der Waals surface area contributed by atoms with Gasteiger partial charge in [0, 0.05) is 0 Å². The number of anilines is 2. The SMILES string of the molecule is Nc1ncn(CC(=O)Nc2ncc(Br)nc2Br)n1. The monoisotopic (exact) mass is 375 g/mol. The normalized spacial score (nSPS) is 10.3. The van der Waals surface area contributed by atoms with Crippen LogP contribution >= 0.6 is 31.9 Å². The fourth-order valence-corrected chi connectivity index (χ4v) is 2.04. The molecule has 0 aliphatic rings. The van der Waals surface area contributed by atoms with Crippen molar-refractivity contribution in [1.29, 1.82) is 0 Å². The van der Waals surface area contributed by atoms with Crippen molar-refractivity contribution in [2.45, 2.75) is 6.54 Å². The Morgan fingerprint density at radius 1 is 1.44 bits per heavy atom. The van der Waals surface area contributed by atoms with Crippen LogP contribution in [0.2, 0.25) is 0 Å². The highest BCUT2D eigenvalue weighted by Crippen LogP contribution is 2.19. The first-order valence-corrected chi connectivity index (χ1v) is 6.26. The summed E-state index contributed by atoms with van der Waals surface area (Å²) < 4.78 is 2.32. The number of nitrogens with zero attached hydrogens (tertiary/aromatic N) is 5. The lowest BCUT2D eigenvalue weighted by Crippen LogP contribution is -2.20. The summed E-state index contributed by atoms with van der Waals surface area (Å²) in [7, 11) is 0. The summed E-state index contributed by atoms with van der Waals surface area (Å²) in [6, 6.07) is 0. The number of hydrogen-bond acceptors (Lipinski definition) is 6. The Labute approximate surface area is 118 Å². The first-order valence-electron chi connectivity index (χ1n) is 4.67. The van der Waals surface area contributed by atoms with Crippen molar-refractivity contribution in [1.82, 2.24) is 24.7 Å². The maximum atomic E-state index is 11.7. The molecule has 2 heterocycles. The van der Waals surface area contributed by atoms with Gasteiger partial charge in [-0.3, -0.25) is 4.79 Å². The molecule has 0 spiro atoms. The van der Waals surface area contributed by atoms with E-state index in [0.29, 0.717) is 15.0 Å². The number of carbonyl (C=O) groups is 1. The van der Waals surface area contributed by atoms with Crippen molar-refractivity contribution in [3.8, 4) is 0 Å². The van der Waals surface area contributed by atoms with Crippen LogP contribution in [0.1, 0.15) is 0 Å². The number of nitrogens with two attached hydrogens (primary N) is 1. The van der Waals surface area contributed by atoms with Crippen LogP contribution < -0.4 is 11.1 Å². The van der Waals surface area contributed by atoms with Gasteiger partial charge in [0.25, 0.3) is 0 Å².